The van der Waals surface area contributed by atoms with Gasteiger partial charge in [-0.1, -0.05) is 23.2 Å². The SMILES string of the molecule is Cc1[nH]c(C(=O)Nc2ccc(C(=O)NC3CCNCC3)cc2OC(C)C)c(Cl)c1Cl.Cl. The van der Waals surface area contributed by atoms with E-state index >= 15 is 0 Å². The first-order valence-electron chi connectivity index (χ1n) is 9.93. The topological polar surface area (TPSA) is 95.2 Å². The van der Waals surface area contributed by atoms with E-state index in [9.17, 15) is 9.59 Å². The lowest BCUT2D eigenvalue weighted by atomic mass is 10.1. The van der Waals surface area contributed by atoms with E-state index < -0.39 is 5.91 Å². The number of nitrogens with one attached hydrogen (secondary N) is 4. The second-order valence-corrected chi connectivity index (χ2v) is 8.34. The van der Waals surface area contributed by atoms with Crippen LogP contribution < -0.4 is 20.7 Å². The van der Waals surface area contributed by atoms with Crippen molar-refractivity contribution in [2.45, 2.75) is 45.8 Å². The molecule has 1 aliphatic heterocycles. The maximum Gasteiger partial charge on any atom is 0.273 e. The van der Waals surface area contributed by atoms with Gasteiger partial charge in [0.25, 0.3) is 11.8 Å². The number of hydrogen-bond donors (Lipinski definition) is 4. The molecular weight excluding hydrogens is 463 g/mol. The van der Waals surface area contributed by atoms with E-state index in [1.165, 1.54) is 0 Å². The highest BCUT2D eigenvalue weighted by atomic mass is 35.5. The number of aromatic amines is 1. The monoisotopic (exact) mass is 488 g/mol. The molecule has 1 saturated heterocycles. The number of amides is 2. The normalized spacial score (nSPS) is 14.1. The number of rotatable bonds is 6. The summed E-state index contributed by atoms with van der Waals surface area (Å²) in [6.07, 6.45) is 1.65. The van der Waals surface area contributed by atoms with E-state index in [1.807, 2.05) is 13.8 Å². The molecule has 2 amide bonds. The molecule has 1 aromatic carbocycles. The van der Waals surface area contributed by atoms with Crippen LogP contribution in [0.25, 0.3) is 0 Å². The van der Waals surface area contributed by atoms with Gasteiger partial charge in [-0.2, -0.15) is 0 Å². The minimum absolute atomic E-state index is 0. The highest BCUT2D eigenvalue weighted by Gasteiger charge is 2.21. The Morgan fingerprint density at radius 2 is 1.81 bits per heavy atom. The average molecular weight is 490 g/mol. The average Bonchev–Trinajstić information content (AvgIpc) is 2.97. The summed E-state index contributed by atoms with van der Waals surface area (Å²) in [5.41, 5.74) is 1.68. The number of ether oxygens (including phenoxy) is 1. The Hall–Kier alpha value is -1.93. The van der Waals surface area contributed by atoms with Crippen molar-refractivity contribution >= 4 is 53.1 Å². The molecule has 0 saturated carbocycles. The Balaban J connectivity index is 0.00000341. The number of halogens is 3. The van der Waals surface area contributed by atoms with Crippen molar-refractivity contribution in [2.75, 3.05) is 18.4 Å². The lowest BCUT2D eigenvalue weighted by Crippen LogP contribution is -2.42. The van der Waals surface area contributed by atoms with Gasteiger partial charge in [-0.3, -0.25) is 9.59 Å². The van der Waals surface area contributed by atoms with Gasteiger partial charge in [-0.25, -0.2) is 0 Å². The summed E-state index contributed by atoms with van der Waals surface area (Å²) in [6.45, 7) is 7.26. The molecule has 1 aromatic heterocycles. The number of H-pyrrole nitrogens is 1. The molecule has 170 valence electrons. The molecule has 1 fully saturated rings. The van der Waals surface area contributed by atoms with Crippen molar-refractivity contribution < 1.29 is 14.3 Å². The summed E-state index contributed by atoms with van der Waals surface area (Å²) in [4.78, 5) is 28.3. The Labute approximate surface area is 198 Å². The van der Waals surface area contributed by atoms with Crippen LogP contribution in [0.3, 0.4) is 0 Å². The number of piperidine rings is 1. The van der Waals surface area contributed by atoms with Gasteiger partial charge in [0, 0.05) is 17.3 Å². The lowest BCUT2D eigenvalue weighted by molar-refractivity contribution is 0.0928. The zero-order chi connectivity index (χ0) is 21.8. The zero-order valence-corrected chi connectivity index (χ0v) is 19.9. The van der Waals surface area contributed by atoms with Crippen molar-refractivity contribution in [1.82, 2.24) is 15.6 Å². The van der Waals surface area contributed by atoms with Crippen molar-refractivity contribution in [3.8, 4) is 5.75 Å². The maximum atomic E-state index is 12.7. The molecule has 2 heterocycles. The fourth-order valence-electron chi connectivity index (χ4n) is 3.27. The van der Waals surface area contributed by atoms with Crippen LogP contribution in [0.2, 0.25) is 10.0 Å². The molecular formula is C21H27Cl3N4O3. The van der Waals surface area contributed by atoms with E-state index in [1.54, 1.807) is 25.1 Å². The zero-order valence-electron chi connectivity index (χ0n) is 17.6. The van der Waals surface area contributed by atoms with Gasteiger partial charge < -0.3 is 25.7 Å². The second kappa shape index (κ2) is 11.1. The number of hydrogen-bond acceptors (Lipinski definition) is 4. The molecule has 31 heavy (non-hydrogen) atoms. The Morgan fingerprint density at radius 3 is 2.39 bits per heavy atom. The van der Waals surface area contributed by atoms with Gasteiger partial charge in [0.05, 0.1) is 21.8 Å². The predicted molar refractivity (Wildman–Crippen MR) is 126 cm³/mol. The third kappa shape index (κ3) is 6.29. The molecule has 1 aliphatic rings. The molecule has 0 atom stereocenters. The van der Waals surface area contributed by atoms with E-state index in [4.69, 9.17) is 27.9 Å². The third-order valence-electron chi connectivity index (χ3n) is 4.81. The second-order valence-electron chi connectivity index (χ2n) is 7.58. The molecule has 3 rings (SSSR count). The number of benzene rings is 1. The first-order valence-corrected chi connectivity index (χ1v) is 10.7. The van der Waals surface area contributed by atoms with E-state index in [2.05, 4.69) is 20.9 Å². The van der Waals surface area contributed by atoms with Gasteiger partial charge in [0.1, 0.15) is 11.4 Å². The number of carbonyl (C=O) groups excluding carboxylic acids is 2. The molecule has 0 unspecified atom stereocenters. The van der Waals surface area contributed by atoms with E-state index in [0.29, 0.717) is 27.7 Å². The van der Waals surface area contributed by atoms with Crippen molar-refractivity contribution in [1.29, 1.82) is 0 Å². The first kappa shape index (κ1) is 25.3. The summed E-state index contributed by atoms with van der Waals surface area (Å²) >= 11 is 12.2. The number of anilines is 1. The van der Waals surface area contributed by atoms with E-state index in [-0.39, 0.29) is 41.2 Å². The third-order valence-corrected chi connectivity index (χ3v) is 5.76. The van der Waals surface area contributed by atoms with Crippen LogP contribution in [0.1, 0.15) is 53.2 Å². The summed E-state index contributed by atoms with van der Waals surface area (Å²) in [6, 6.07) is 5.10. The molecule has 10 heteroatoms. The van der Waals surface area contributed by atoms with Gasteiger partial charge in [-0.05, 0) is 64.9 Å². The van der Waals surface area contributed by atoms with Gasteiger partial charge in [0.2, 0.25) is 0 Å². The van der Waals surface area contributed by atoms with Crippen LogP contribution in [0, 0.1) is 6.92 Å². The Kier molecular flexibility index (Phi) is 9.06. The standard InChI is InChI=1S/C21H26Cl2N4O3.ClH/c1-11(2)30-16-10-13(20(28)26-14-6-8-24-9-7-14)4-5-15(16)27-21(29)19-18(23)17(22)12(3)25-19;/h4-5,10-11,14,24-25H,6-9H2,1-3H3,(H,26,28)(H,27,29);1H. The molecule has 0 spiro atoms. The quantitative estimate of drug-likeness (QED) is 0.478. The van der Waals surface area contributed by atoms with Gasteiger partial charge in [0.15, 0.2) is 0 Å². The molecule has 0 bridgehead atoms. The van der Waals surface area contributed by atoms with Crippen LogP contribution in [-0.2, 0) is 0 Å². The van der Waals surface area contributed by atoms with Crippen LogP contribution in [0.5, 0.6) is 5.75 Å². The lowest BCUT2D eigenvalue weighted by Gasteiger charge is -2.24. The van der Waals surface area contributed by atoms with Gasteiger partial charge in [-0.15, -0.1) is 12.4 Å². The summed E-state index contributed by atoms with van der Waals surface area (Å²) < 4.78 is 5.85. The van der Waals surface area contributed by atoms with Crippen molar-refractivity contribution in [2.24, 2.45) is 0 Å². The predicted octanol–water partition coefficient (Wildman–Crippen LogP) is 4.57. The molecule has 0 aliphatic carbocycles. The minimum atomic E-state index is -0.449. The summed E-state index contributed by atoms with van der Waals surface area (Å²) in [5.74, 6) is -0.208. The molecule has 0 radical (unpaired) electrons. The molecule has 7 nitrogen and oxygen atoms in total. The number of aryl methyl sites for hydroxylation is 1. The number of aromatic nitrogens is 1. The van der Waals surface area contributed by atoms with Crippen LogP contribution in [0.4, 0.5) is 5.69 Å². The molecule has 2 aromatic rings. The Bertz CT molecular complexity index is 940. The summed E-state index contributed by atoms with van der Waals surface area (Å²) in [7, 11) is 0. The van der Waals surface area contributed by atoms with Crippen molar-refractivity contribution in [3.05, 3.63) is 45.2 Å². The maximum absolute atomic E-state index is 12.7. The van der Waals surface area contributed by atoms with Crippen LogP contribution in [0.15, 0.2) is 18.2 Å². The van der Waals surface area contributed by atoms with E-state index in [0.717, 1.165) is 25.9 Å². The highest BCUT2D eigenvalue weighted by Crippen LogP contribution is 2.32. The Morgan fingerprint density at radius 1 is 1.13 bits per heavy atom. The fraction of sp³-hybridized carbons (Fsp3) is 0.429. The molecule has 4 N–H and O–H groups in total. The van der Waals surface area contributed by atoms with Crippen molar-refractivity contribution in [3.63, 3.8) is 0 Å². The number of carbonyl (C=O) groups is 2. The first-order chi connectivity index (χ1) is 14.3. The summed E-state index contributed by atoms with van der Waals surface area (Å²) in [5, 5.41) is 9.59. The van der Waals surface area contributed by atoms with Gasteiger partial charge >= 0.3 is 0 Å². The minimum Gasteiger partial charge on any atom is -0.489 e. The fourth-order valence-corrected chi connectivity index (χ4v) is 3.68. The highest BCUT2D eigenvalue weighted by molar-refractivity contribution is 6.44. The van der Waals surface area contributed by atoms with Crippen LogP contribution >= 0.6 is 35.6 Å². The van der Waals surface area contributed by atoms with Crippen LogP contribution in [-0.4, -0.2) is 42.0 Å². The smallest absolute Gasteiger partial charge is 0.273 e. The largest absolute Gasteiger partial charge is 0.489 e.